The number of esters is 1. The second-order valence-electron chi connectivity index (χ2n) is 6.83. The summed E-state index contributed by atoms with van der Waals surface area (Å²) in [5.74, 6) is -0.916. The van der Waals surface area contributed by atoms with Crippen LogP contribution in [-0.4, -0.2) is 47.7 Å². The van der Waals surface area contributed by atoms with Gasteiger partial charge in [0.25, 0.3) is 5.91 Å². The van der Waals surface area contributed by atoms with Gasteiger partial charge in [-0.3, -0.25) is 9.78 Å². The molecule has 1 aliphatic rings. The van der Waals surface area contributed by atoms with Crippen molar-refractivity contribution in [2.24, 2.45) is 0 Å². The molecule has 7 nitrogen and oxygen atoms in total. The molecule has 3 aromatic rings. The number of nitrogens with one attached hydrogen (secondary N) is 1. The van der Waals surface area contributed by atoms with Gasteiger partial charge in [0.1, 0.15) is 0 Å². The minimum absolute atomic E-state index is 0.0424. The van der Waals surface area contributed by atoms with Gasteiger partial charge in [0.2, 0.25) is 0 Å². The minimum Gasteiger partial charge on any atom is -0.452 e. The van der Waals surface area contributed by atoms with E-state index in [1.165, 1.54) is 0 Å². The Balaban J connectivity index is 1.49. The molecular formula is C22H21N3O4. The summed E-state index contributed by atoms with van der Waals surface area (Å²) in [5, 5.41) is 3.42. The van der Waals surface area contributed by atoms with E-state index in [0.29, 0.717) is 28.7 Å². The Morgan fingerprint density at radius 1 is 1.21 bits per heavy atom. The minimum atomic E-state index is -0.569. The molecule has 4 rings (SSSR count). The van der Waals surface area contributed by atoms with Gasteiger partial charge < -0.3 is 14.8 Å². The van der Waals surface area contributed by atoms with Crippen molar-refractivity contribution in [3.8, 4) is 11.3 Å². The zero-order valence-electron chi connectivity index (χ0n) is 15.8. The van der Waals surface area contributed by atoms with Gasteiger partial charge in [-0.15, -0.1) is 0 Å². The number of rotatable bonds is 6. The van der Waals surface area contributed by atoms with Crippen LogP contribution in [0.5, 0.6) is 0 Å². The summed E-state index contributed by atoms with van der Waals surface area (Å²) in [6.07, 6.45) is 5.34. The molecule has 1 unspecified atom stereocenters. The lowest BCUT2D eigenvalue weighted by Crippen LogP contribution is -2.34. The topological polar surface area (TPSA) is 90.4 Å². The second-order valence-corrected chi connectivity index (χ2v) is 6.83. The van der Waals surface area contributed by atoms with E-state index >= 15 is 0 Å². The Labute approximate surface area is 168 Å². The average Bonchev–Trinajstić information content (AvgIpc) is 3.29. The first-order valence-electron chi connectivity index (χ1n) is 9.56. The molecule has 29 heavy (non-hydrogen) atoms. The molecule has 0 spiro atoms. The van der Waals surface area contributed by atoms with Crippen molar-refractivity contribution in [1.29, 1.82) is 0 Å². The largest absolute Gasteiger partial charge is 0.452 e. The van der Waals surface area contributed by atoms with E-state index in [1.54, 1.807) is 18.5 Å². The molecule has 1 N–H and O–H groups in total. The van der Waals surface area contributed by atoms with Crippen molar-refractivity contribution in [1.82, 2.24) is 15.3 Å². The van der Waals surface area contributed by atoms with E-state index in [1.807, 2.05) is 36.4 Å². The van der Waals surface area contributed by atoms with Crippen molar-refractivity contribution >= 4 is 22.8 Å². The third kappa shape index (κ3) is 4.57. The van der Waals surface area contributed by atoms with Crippen LogP contribution in [0.25, 0.3) is 22.2 Å². The van der Waals surface area contributed by atoms with Crippen molar-refractivity contribution in [2.45, 2.75) is 18.9 Å². The van der Waals surface area contributed by atoms with E-state index in [9.17, 15) is 9.59 Å². The SMILES string of the molecule is O=C(COC(=O)c1cc(-c2cccnc2)nc2ccccc12)NCC1CCCO1. The highest BCUT2D eigenvalue weighted by atomic mass is 16.5. The lowest BCUT2D eigenvalue weighted by atomic mass is 10.1. The molecule has 1 fully saturated rings. The molecule has 2 aromatic heterocycles. The van der Waals surface area contributed by atoms with E-state index in [0.717, 1.165) is 25.0 Å². The lowest BCUT2D eigenvalue weighted by molar-refractivity contribution is -0.124. The fraction of sp³-hybridized carbons (Fsp3) is 0.273. The summed E-state index contributed by atoms with van der Waals surface area (Å²) >= 11 is 0. The highest BCUT2D eigenvalue weighted by Crippen LogP contribution is 2.25. The first-order chi connectivity index (χ1) is 14.2. The number of carbonyl (C=O) groups is 2. The number of nitrogens with zero attached hydrogens (tertiary/aromatic N) is 2. The van der Waals surface area contributed by atoms with Crippen LogP contribution in [0.2, 0.25) is 0 Å². The molecule has 0 radical (unpaired) electrons. The maximum atomic E-state index is 12.7. The summed E-state index contributed by atoms with van der Waals surface area (Å²) in [4.78, 5) is 33.5. The van der Waals surface area contributed by atoms with E-state index in [4.69, 9.17) is 9.47 Å². The molecule has 0 aliphatic carbocycles. The Morgan fingerprint density at radius 2 is 2.10 bits per heavy atom. The van der Waals surface area contributed by atoms with E-state index in [2.05, 4.69) is 15.3 Å². The number of ether oxygens (including phenoxy) is 2. The Morgan fingerprint density at radius 3 is 2.90 bits per heavy atom. The zero-order valence-corrected chi connectivity index (χ0v) is 15.8. The third-order valence-corrected chi connectivity index (χ3v) is 4.78. The molecule has 7 heteroatoms. The van der Waals surface area contributed by atoms with Gasteiger partial charge in [0.05, 0.1) is 22.9 Å². The third-order valence-electron chi connectivity index (χ3n) is 4.78. The Kier molecular flexibility index (Phi) is 5.76. The summed E-state index contributed by atoms with van der Waals surface area (Å²) in [7, 11) is 0. The molecule has 0 bridgehead atoms. The van der Waals surface area contributed by atoms with Crippen LogP contribution in [0.1, 0.15) is 23.2 Å². The molecule has 1 saturated heterocycles. The van der Waals surface area contributed by atoms with Crippen LogP contribution >= 0.6 is 0 Å². The Bertz CT molecular complexity index is 1020. The van der Waals surface area contributed by atoms with Gasteiger partial charge in [-0.25, -0.2) is 9.78 Å². The quantitative estimate of drug-likeness (QED) is 0.650. The smallest absolute Gasteiger partial charge is 0.339 e. The van der Waals surface area contributed by atoms with Gasteiger partial charge in [-0.2, -0.15) is 0 Å². The molecule has 1 aromatic carbocycles. The summed E-state index contributed by atoms with van der Waals surface area (Å²) in [5.41, 5.74) is 2.44. The fourth-order valence-electron chi connectivity index (χ4n) is 3.30. The van der Waals surface area contributed by atoms with Crippen LogP contribution in [0, 0.1) is 0 Å². The molecule has 1 atom stereocenters. The highest BCUT2D eigenvalue weighted by molar-refractivity contribution is 6.05. The molecule has 0 saturated carbocycles. The maximum Gasteiger partial charge on any atom is 0.339 e. The van der Waals surface area contributed by atoms with Crippen molar-refractivity contribution in [2.75, 3.05) is 19.8 Å². The van der Waals surface area contributed by atoms with Crippen LogP contribution in [0.15, 0.2) is 54.9 Å². The molecular weight excluding hydrogens is 370 g/mol. The number of amides is 1. The number of pyridine rings is 2. The predicted octanol–water partition coefficient (Wildman–Crippen LogP) is 2.75. The number of aromatic nitrogens is 2. The number of benzene rings is 1. The first-order valence-corrected chi connectivity index (χ1v) is 9.56. The maximum absolute atomic E-state index is 12.7. The summed E-state index contributed by atoms with van der Waals surface area (Å²) in [6.45, 7) is 0.814. The van der Waals surface area contributed by atoms with Crippen LogP contribution in [-0.2, 0) is 14.3 Å². The molecule has 3 heterocycles. The van der Waals surface area contributed by atoms with Crippen LogP contribution in [0.4, 0.5) is 0 Å². The normalized spacial score (nSPS) is 15.9. The van der Waals surface area contributed by atoms with Gasteiger partial charge in [-0.1, -0.05) is 18.2 Å². The van der Waals surface area contributed by atoms with Gasteiger partial charge in [-0.05, 0) is 37.1 Å². The van der Waals surface area contributed by atoms with Crippen LogP contribution < -0.4 is 5.32 Å². The highest BCUT2D eigenvalue weighted by Gasteiger charge is 2.18. The Hall–Kier alpha value is -3.32. The molecule has 1 aliphatic heterocycles. The fourth-order valence-corrected chi connectivity index (χ4v) is 3.30. The monoisotopic (exact) mass is 391 g/mol. The van der Waals surface area contributed by atoms with Gasteiger partial charge in [0, 0.05) is 36.5 Å². The van der Waals surface area contributed by atoms with E-state index < -0.39 is 5.97 Å². The number of para-hydroxylation sites is 1. The molecule has 148 valence electrons. The van der Waals surface area contributed by atoms with Crippen LogP contribution in [0.3, 0.4) is 0 Å². The van der Waals surface area contributed by atoms with Gasteiger partial charge >= 0.3 is 5.97 Å². The van der Waals surface area contributed by atoms with Crippen molar-refractivity contribution < 1.29 is 19.1 Å². The first kappa shape index (κ1) is 19.0. The summed E-state index contributed by atoms with van der Waals surface area (Å²) in [6, 6.07) is 12.7. The second kappa shape index (κ2) is 8.79. The average molecular weight is 391 g/mol. The van der Waals surface area contributed by atoms with Gasteiger partial charge in [0.15, 0.2) is 6.61 Å². The summed E-state index contributed by atoms with van der Waals surface area (Å²) < 4.78 is 10.7. The van der Waals surface area contributed by atoms with Crippen molar-refractivity contribution in [3.63, 3.8) is 0 Å². The number of hydrogen-bond donors (Lipinski definition) is 1. The van der Waals surface area contributed by atoms with Crippen molar-refractivity contribution in [3.05, 3.63) is 60.4 Å². The molecule has 1 amide bonds. The lowest BCUT2D eigenvalue weighted by Gasteiger charge is -2.12. The standard InChI is InChI=1S/C22H21N3O4/c26-21(24-13-16-6-4-10-28-16)14-29-22(27)18-11-20(15-5-3-9-23-12-15)25-19-8-2-1-7-17(18)19/h1-3,5,7-9,11-12,16H,4,6,10,13-14H2,(H,24,26). The number of hydrogen-bond acceptors (Lipinski definition) is 6. The predicted molar refractivity (Wildman–Crippen MR) is 107 cm³/mol. The number of carbonyl (C=O) groups excluding carboxylic acids is 2. The zero-order chi connectivity index (χ0) is 20.1. The van der Waals surface area contributed by atoms with E-state index in [-0.39, 0.29) is 18.6 Å². The number of fused-ring (bicyclic) bond motifs is 1.